The van der Waals surface area contributed by atoms with E-state index in [1.807, 2.05) is 36.4 Å². The van der Waals surface area contributed by atoms with Gasteiger partial charge in [0.1, 0.15) is 5.69 Å². The van der Waals surface area contributed by atoms with Gasteiger partial charge in [0.05, 0.1) is 23.7 Å². The predicted octanol–water partition coefficient (Wildman–Crippen LogP) is 4.17. The number of halogens is 1. The minimum atomic E-state index is -0.0506. The number of hydrogen-bond donors (Lipinski definition) is 0. The van der Waals surface area contributed by atoms with Crippen LogP contribution in [0.1, 0.15) is 10.4 Å². The first-order chi connectivity index (χ1) is 14.0. The van der Waals surface area contributed by atoms with Gasteiger partial charge in [-0.05, 0) is 46.9 Å². The van der Waals surface area contributed by atoms with Gasteiger partial charge >= 0.3 is 0 Å². The van der Waals surface area contributed by atoms with E-state index in [2.05, 4.69) is 42.8 Å². The number of nitrogens with zero attached hydrogens (tertiary/aromatic N) is 5. The Morgan fingerprint density at radius 1 is 0.931 bits per heavy atom. The zero-order chi connectivity index (χ0) is 20.4. The molecule has 7 nitrogen and oxygen atoms in total. The Morgan fingerprint density at radius 2 is 1.62 bits per heavy atom. The third kappa shape index (κ3) is 4.02. The molecule has 0 aliphatic heterocycles. The summed E-state index contributed by atoms with van der Waals surface area (Å²) >= 11 is 2.23. The van der Waals surface area contributed by atoms with Crippen LogP contribution in [0.5, 0.6) is 0 Å². The van der Waals surface area contributed by atoms with E-state index < -0.39 is 0 Å². The van der Waals surface area contributed by atoms with Gasteiger partial charge in [-0.15, -0.1) is 10.2 Å². The van der Waals surface area contributed by atoms with E-state index in [4.69, 9.17) is 4.42 Å². The Bertz CT molecular complexity index is 1170. The molecular weight excluding hydrogens is 481 g/mol. The van der Waals surface area contributed by atoms with Gasteiger partial charge in [0.2, 0.25) is 5.89 Å². The molecule has 0 N–H and O–H groups in total. The van der Waals surface area contributed by atoms with Crippen molar-refractivity contribution in [1.29, 1.82) is 0 Å². The molecule has 0 fully saturated rings. The average molecular weight is 497 g/mol. The standard InChI is InChI=1S/C21H16IN5O2/c1-27(2)21(28)14-9-7-13(8-10-14)17-11-23-12-18(24-17)20-26-25-19(29-20)15-5-3-4-6-16(15)22/h3-12H,1-2H3. The zero-order valence-electron chi connectivity index (χ0n) is 15.7. The van der Waals surface area contributed by atoms with Crippen LogP contribution >= 0.6 is 22.6 Å². The van der Waals surface area contributed by atoms with Crippen molar-refractivity contribution in [3.05, 3.63) is 70.1 Å². The normalized spacial score (nSPS) is 10.7. The summed E-state index contributed by atoms with van der Waals surface area (Å²) < 4.78 is 6.85. The fraction of sp³-hybridized carbons (Fsp3) is 0.0952. The van der Waals surface area contributed by atoms with Crippen molar-refractivity contribution in [1.82, 2.24) is 25.1 Å². The van der Waals surface area contributed by atoms with Gasteiger partial charge in [-0.1, -0.05) is 24.3 Å². The van der Waals surface area contributed by atoms with Crippen LogP contribution in [0.25, 0.3) is 34.3 Å². The first-order valence-corrected chi connectivity index (χ1v) is 9.84. The molecule has 1 amide bonds. The van der Waals surface area contributed by atoms with Crippen molar-refractivity contribution in [2.24, 2.45) is 0 Å². The third-order valence-corrected chi connectivity index (χ3v) is 5.16. The highest BCUT2D eigenvalue weighted by atomic mass is 127. The number of carbonyl (C=O) groups is 1. The SMILES string of the molecule is CN(C)C(=O)c1ccc(-c2cncc(-c3nnc(-c4ccccc4I)o3)n2)cc1. The molecule has 2 aromatic carbocycles. The highest BCUT2D eigenvalue weighted by Gasteiger charge is 2.15. The summed E-state index contributed by atoms with van der Waals surface area (Å²) in [5.74, 6) is 0.683. The van der Waals surface area contributed by atoms with Crippen LogP contribution in [0.4, 0.5) is 0 Å². The van der Waals surface area contributed by atoms with E-state index in [-0.39, 0.29) is 5.91 Å². The summed E-state index contributed by atoms with van der Waals surface area (Å²) in [7, 11) is 3.45. The Hall–Kier alpha value is -3.14. The summed E-state index contributed by atoms with van der Waals surface area (Å²) in [5.41, 5.74) is 3.46. The van der Waals surface area contributed by atoms with E-state index in [0.29, 0.717) is 28.7 Å². The molecule has 4 rings (SSSR count). The van der Waals surface area contributed by atoms with Crippen LogP contribution in [-0.2, 0) is 0 Å². The smallest absolute Gasteiger partial charge is 0.268 e. The summed E-state index contributed by atoms with van der Waals surface area (Å²) in [4.78, 5) is 22.4. The van der Waals surface area contributed by atoms with E-state index in [9.17, 15) is 4.79 Å². The fourth-order valence-corrected chi connectivity index (χ4v) is 3.34. The first-order valence-electron chi connectivity index (χ1n) is 8.76. The number of rotatable bonds is 4. The molecule has 0 saturated carbocycles. The maximum absolute atomic E-state index is 12.0. The van der Waals surface area contributed by atoms with Gasteiger partial charge < -0.3 is 9.32 Å². The quantitative estimate of drug-likeness (QED) is 0.394. The van der Waals surface area contributed by atoms with Crippen molar-refractivity contribution in [2.75, 3.05) is 14.1 Å². The largest absolute Gasteiger partial charge is 0.415 e. The molecule has 8 heteroatoms. The summed E-state index contributed by atoms with van der Waals surface area (Å²) in [5, 5.41) is 8.26. The van der Waals surface area contributed by atoms with Gasteiger partial charge in [0.25, 0.3) is 11.8 Å². The topological polar surface area (TPSA) is 85.0 Å². The van der Waals surface area contributed by atoms with Crippen molar-refractivity contribution >= 4 is 28.5 Å². The number of amides is 1. The van der Waals surface area contributed by atoms with E-state index in [1.54, 1.807) is 38.6 Å². The number of carbonyl (C=O) groups excluding carboxylic acids is 1. The minimum absolute atomic E-state index is 0.0506. The average Bonchev–Trinajstić information content (AvgIpc) is 3.24. The van der Waals surface area contributed by atoms with Crippen LogP contribution in [-0.4, -0.2) is 45.1 Å². The summed E-state index contributed by atoms with van der Waals surface area (Å²) in [6.07, 6.45) is 3.24. The maximum atomic E-state index is 12.0. The molecule has 0 aliphatic rings. The van der Waals surface area contributed by atoms with Crippen LogP contribution in [0, 0.1) is 3.57 Å². The van der Waals surface area contributed by atoms with Crippen LogP contribution in [0.3, 0.4) is 0 Å². The minimum Gasteiger partial charge on any atom is -0.415 e. The first kappa shape index (κ1) is 19.2. The Kier molecular flexibility index (Phi) is 5.34. The van der Waals surface area contributed by atoms with E-state index in [1.165, 1.54) is 4.90 Å². The van der Waals surface area contributed by atoms with Gasteiger partial charge in [-0.2, -0.15) is 0 Å². The predicted molar refractivity (Wildman–Crippen MR) is 117 cm³/mol. The molecular formula is C21H16IN5O2. The number of hydrogen-bond acceptors (Lipinski definition) is 6. The van der Waals surface area contributed by atoms with Gasteiger partial charge in [0.15, 0.2) is 0 Å². The third-order valence-electron chi connectivity index (χ3n) is 4.22. The van der Waals surface area contributed by atoms with Crippen LogP contribution in [0.2, 0.25) is 0 Å². The van der Waals surface area contributed by atoms with Crippen molar-refractivity contribution in [2.45, 2.75) is 0 Å². The Labute approximate surface area is 181 Å². The fourth-order valence-electron chi connectivity index (χ4n) is 2.72. The number of aromatic nitrogens is 4. The zero-order valence-corrected chi connectivity index (χ0v) is 17.9. The van der Waals surface area contributed by atoms with Crippen LogP contribution < -0.4 is 0 Å². The molecule has 0 radical (unpaired) electrons. The monoisotopic (exact) mass is 497 g/mol. The lowest BCUT2D eigenvalue weighted by atomic mass is 10.1. The second kappa shape index (κ2) is 8.08. The molecule has 2 heterocycles. The molecule has 29 heavy (non-hydrogen) atoms. The van der Waals surface area contributed by atoms with E-state index in [0.717, 1.165) is 14.7 Å². The molecule has 0 unspecified atom stereocenters. The second-order valence-corrected chi connectivity index (χ2v) is 7.62. The molecule has 2 aromatic heterocycles. The summed E-state index contributed by atoms with van der Waals surface area (Å²) in [6.45, 7) is 0. The van der Waals surface area contributed by atoms with Crippen molar-refractivity contribution in [3.8, 4) is 34.3 Å². The molecule has 0 spiro atoms. The van der Waals surface area contributed by atoms with Gasteiger partial charge in [-0.25, -0.2) is 4.98 Å². The lowest BCUT2D eigenvalue weighted by Gasteiger charge is -2.10. The molecule has 0 saturated heterocycles. The molecule has 0 atom stereocenters. The van der Waals surface area contributed by atoms with E-state index >= 15 is 0 Å². The van der Waals surface area contributed by atoms with Crippen LogP contribution in [0.15, 0.2) is 65.3 Å². The van der Waals surface area contributed by atoms with Crippen molar-refractivity contribution < 1.29 is 9.21 Å². The molecule has 0 aliphatic carbocycles. The van der Waals surface area contributed by atoms with Crippen molar-refractivity contribution in [3.63, 3.8) is 0 Å². The second-order valence-electron chi connectivity index (χ2n) is 6.46. The lowest BCUT2D eigenvalue weighted by Crippen LogP contribution is -2.21. The van der Waals surface area contributed by atoms with Gasteiger partial charge in [0, 0.05) is 28.8 Å². The molecule has 144 valence electrons. The Balaban J connectivity index is 1.63. The lowest BCUT2D eigenvalue weighted by molar-refractivity contribution is 0.0827. The molecule has 4 aromatic rings. The Morgan fingerprint density at radius 3 is 2.34 bits per heavy atom. The highest BCUT2D eigenvalue weighted by molar-refractivity contribution is 14.1. The summed E-state index contributed by atoms with van der Waals surface area (Å²) in [6, 6.07) is 15.0. The highest BCUT2D eigenvalue weighted by Crippen LogP contribution is 2.27. The maximum Gasteiger partial charge on any atom is 0.268 e. The molecule has 0 bridgehead atoms. The number of benzene rings is 2. The van der Waals surface area contributed by atoms with Gasteiger partial charge in [-0.3, -0.25) is 9.78 Å².